The largest absolute Gasteiger partial charge is 0.507 e. The van der Waals surface area contributed by atoms with Crippen LogP contribution in [-0.4, -0.2) is 134 Å². The van der Waals surface area contributed by atoms with Crippen LogP contribution in [0.5, 0.6) is 17.2 Å². The van der Waals surface area contributed by atoms with E-state index < -0.39 is 114 Å². The molecule has 2 heterocycles. The predicted octanol–water partition coefficient (Wildman–Crippen LogP) is 2.50. The fourth-order valence-corrected chi connectivity index (χ4v) is 10.2. The highest BCUT2D eigenvalue weighted by atomic mass is 33.1. The Bertz CT molecular complexity index is 2500. The number of phenolic OH excluding ortho intramolecular Hbond substituents is 2. The highest BCUT2D eigenvalue weighted by molar-refractivity contribution is 8.76. The van der Waals surface area contributed by atoms with Crippen molar-refractivity contribution in [2.24, 2.45) is 23.6 Å². The lowest BCUT2D eigenvalue weighted by Gasteiger charge is -2.43. The normalized spacial score (nSPS) is 23.3. The smallest absolute Gasteiger partial charge is 0.427 e. The molecule has 1 aliphatic heterocycles. The maximum atomic E-state index is 14.0. The molecule has 1 fully saturated rings. The highest BCUT2D eigenvalue weighted by Gasteiger charge is 2.49. The summed E-state index contributed by atoms with van der Waals surface area (Å²) in [6.45, 7) is 0.721. The summed E-state index contributed by atoms with van der Waals surface area (Å²) >= 11 is 0. The summed E-state index contributed by atoms with van der Waals surface area (Å²) in [5, 5.41) is 61.8. The number of aromatic hydroxyl groups is 2. The van der Waals surface area contributed by atoms with Gasteiger partial charge in [0.15, 0.2) is 12.1 Å². The number of aliphatic hydroxyl groups excluding tert-OH is 2. The number of esters is 1. The molecule has 0 saturated carbocycles. The Kier molecular flexibility index (Phi) is 14.8. The first kappa shape index (κ1) is 47.7. The molecular weight excluding hydrogens is 887 g/mol. The number of nitrogens with two attached hydrogens (primary N) is 2. The lowest BCUT2D eigenvalue weighted by atomic mass is 9.71. The third-order valence-corrected chi connectivity index (χ3v) is 14.1. The molecule has 19 nitrogen and oxygen atoms in total. The second-order valence-electron chi connectivity index (χ2n) is 15.9. The maximum Gasteiger partial charge on any atom is 0.427 e. The van der Waals surface area contributed by atoms with E-state index in [1.165, 1.54) is 46.9 Å². The molecule has 0 bridgehead atoms. The average Bonchev–Trinajstić information content (AvgIpc) is 3.60. The zero-order valence-corrected chi connectivity index (χ0v) is 37.4. The number of ketones is 2. The van der Waals surface area contributed by atoms with E-state index in [4.69, 9.17) is 35.2 Å². The number of carbonyl (C=O) groups excluding carboxylic acids is 4. The molecule has 21 heteroatoms. The Morgan fingerprint density at radius 1 is 1.03 bits per heavy atom. The van der Waals surface area contributed by atoms with E-state index in [9.17, 15) is 44.7 Å². The predicted molar refractivity (Wildman–Crippen MR) is 239 cm³/mol. The molecule has 4 unspecified atom stereocenters. The number of methoxy groups -OCH3 is 1. The summed E-state index contributed by atoms with van der Waals surface area (Å²) in [5.74, 6) is -2.67. The van der Waals surface area contributed by atoms with Crippen molar-refractivity contribution in [2.45, 2.75) is 74.9 Å². The van der Waals surface area contributed by atoms with Gasteiger partial charge < -0.3 is 65.3 Å². The second-order valence-corrected chi connectivity index (χ2v) is 18.6. The summed E-state index contributed by atoms with van der Waals surface area (Å²) in [6.07, 6.45) is -4.17. The fraction of sp³-hybridized carbons (Fsp3) is 0.432. The van der Waals surface area contributed by atoms with Crippen molar-refractivity contribution in [3.05, 3.63) is 87.6 Å². The van der Waals surface area contributed by atoms with Gasteiger partial charge in [-0.05, 0) is 24.6 Å². The SMILES string of the molecule is COc1cccc2c1C(=O)c1c(O)c3c(c(O)c1C2=O)C[C@@](O)(/C(CO)=N\NC(=O)OCCSSCCOC(=O)[C@@H](N)Cc1cn(C)c2ccccc12)C[C@@H]3OC1CC(N)C(O)C(C)O1. The minimum absolute atomic E-state index is 0.0318. The van der Waals surface area contributed by atoms with Gasteiger partial charge in [-0.3, -0.25) is 14.4 Å². The van der Waals surface area contributed by atoms with E-state index in [-0.39, 0.29) is 47.6 Å². The number of rotatable bonds is 16. The van der Waals surface area contributed by atoms with Gasteiger partial charge in [-0.2, -0.15) is 5.10 Å². The van der Waals surface area contributed by atoms with Crippen molar-refractivity contribution in [1.82, 2.24) is 9.99 Å². The molecule has 1 amide bonds. The molecule has 3 aromatic carbocycles. The van der Waals surface area contributed by atoms with Gasteiger partial charge in [-0.25, -0.2) is 10.2 Å². The second kappa shape index (κ2) is 20.1. The number of aryl methyl sites for hydroxylation is 1. The maximum absolute atomic E-state index is 14.0. The van der Waals surface area contributed by atoms with Crippen molar-refractivity contribution in [3.8, 4) is 17.2 Å². The van der Waals surface area contributed by atoms with Crippen molar-refractivity contribution < 1.29 is 68.4 Å². The van der Waals surface area contributed by atoms with Crippen molar-refractivity contribution in [3.63, 3.8) is 0 Å². The van der Waals surface area contributed by atoms with Gasteiger partial charge in [0, 0.05) is 84.1 Å². The van der Waals surface area contributed by atoms with Gasteiger partial charge in [0.2, 0.25) is 5.78 Å². The van der Waals surface area contributed by atoms with Crippen molar-refractivity contribution in [1.29, 1.82) is 0 Å². The van der Waals surface area contributed by atoms with Crippen LogP contribution in [0.4, 0.5) is 4.79 Å². The minimum Gasteiger partial charge on any atom is -0.507 e. The van der Waals surface area contributed by atoms with Crippen LogP contribution in [0.2, 0.25) is 0 Å². The molecule has 1 saturated heterocycles. The molecule has 7 atom stereocenters. The average molecular weight is 938 g/mol. The first-order chi connectivity index (χ1) is 31.1. The van der Waals surface area contributed by atoms with Gasteiger partial charge in [0.1, 0.15) is 42.1 Å². The topological polar surface area (TPSA) is 297 Å². The first-order valence-electron chi connectivity index (χ1n) is 20.7. The van der Waals surface area contributed by atoms with Crippen molar-refractivity contribution in [2.75, 3.05) is 38.4 Å². The number of fused-ring (bicyclic) bond motifs is 4. The molecule has 10 N–H and O–H groups in total. The number of para-hydroxylation sites is 1. The number of amides is 1. The van der Waals surface area contributed by atoms with Crippen molar-refractivity contribution >= 4 is 61.8 Å². The standard InChI is InChI=1S/C44H51N5O14S2/c1-21-37(51)26(45)16-32(62-21)63-30-18-44(58,17-25-34(30)41(55)36-35(39(25)53)38(52)24-8-6-10-29(59-3)33(24)40(36)54)31(20-50)47-48-43(57)61-12-14-65-64-13-11-60-42(56)27(46)15-22-19-49(2)28-9-5-4-7-23(22)28/h4-10,19,21,26-27,30,32,37,50-51,53,55,58H,11-18,20,45-46H2,1-3H3,(H,48,57)/b47-31-/t21?,26?,27-,30-,32?,37?,44-/m0/s1. The number of hydrazone groups is 1. The molecule has 1 aromatic heterocycles. The third-order valence-electron chi connectivity index (χ3n) is 11.7. The Balaban J connectivity index is 0.980. The van der Waals surface area contributed by atoms with Gasteiger partial charge in [0.25, 0.3) is 0 Å². The molecule has 0 radical (unpaired) electrons. The van der Waals surface area contributed by atoms with Crippen LogP contribution in [-0.2, 0) is 43.6 Å². The number of carbonyl (C=O) groups is 4. The molecule has 0 spiro atoms. The van der Waals surface area contributed by atoms with Crippen LogP contribution >= 0.6 is 21.6 Å². The molecule has 4 aromatic rings. The monoisotopic (exact) mass is 937 g/mol. The summed E-state index contributed by atoms with van der Waals surface area (Å²) in [4.78, 5) is 53.2. The lowest BCUT2D eigenvalue weighted by molar-refractivity contribution is -0.245. The Morgan fingerprint density at radius 3 is 2.45 bits per heavy atom. The van der Waals surface area contributed by atoms with Crippen LogP contribution in [0.25, 0.3) is 10.9 Å². The number of nitrogens with zero attached hydrogens (tertiary/aromatic N) is 2. The number of nitrogens with one attached hydrogen (secondary N) is 1. The van der Waals surface area contributed by atoms with Crippen LogP contribution in [0, 0.1) is 0 Å². The summed E-state index contributed by atoms with van der Waals surface area (Å²) in [6, 6.07) is 10.6. The molecule has 2 aliphatic carbocycles. The highest BCUT2D eigenvalue weighted by Crippen LogP contribution is 2.52. The van der Waals surface area contributed by atoms with E-state index in [2.05, 4.69) is 10.5 Å². The zero-order chi connectivity index (χ0) is 46.7. The van der Waals surface area contributed by atoms with E-state index in [0.29, 0.717) is 17.9 Å². The summed E-state index contributed by atoms with van der Waals surface area (Å²) < 4.78 is 30.0. The molecular formula is C44H51N5O14S2. The molecule has 7 rings (SSSR count). The molecule has 65 heavy (non-hydrogen) atoms. The van der Waals surface area contributed by atoms with E-state index in [0.717, 1.165) is 16.5 Å². The molecule has 348 valence electrons. The summed E-state index contributed by atoms with van der Waals surface area (Å²) in [7, 11) is 6.00. The van der Waals surface area contributed by atoms with Crippen LogP contribution in [0.15, 0.2) is 53.8 Å². The van der Waals surface area contributed by atoms with E-state index in [1.807, 2.05) is 42.1 Å². The number of hydrogen-bond donors (Lipinski definition) is 8. The fourth-order valence-electron chi connectivity index (χ4n) is 8.52. The Hall–Kier alpha value is -5.23. The third kappa shape index (κ3) is 9.70. The minimum atomic E-state index is -2.21. The number of phenols is 2. The van der Waals surface area contributed by atoms with Gasteiger partial charge in [-0.15, -0.1) is 0 Å². The Labute approximate surface area is 380 Å². The Morgan fingerprint density at radius 2 is 1.74 bits per heavy atom. The zero-order valence-electron chi connectivity index (χ0n) is 35.7. The quantitative estimate of drug-likeness (QED) is 0.0176. The van der Waals surface area contributed by atoms with E-state index in [1.54, 1.807) is 6.92 Å². The number of benzene rings is 3. The molecule has 3 aliphatic rings. The van der Waals surface area contributed by atoms with Gasteiger partial charge in [-0.1, -0.05) is 51.9 Å². The van der Waals surface area contributed by atoms with Crippen LogP contribution < -0.4 is 21.6 Å². The number of aromatic nitrogens is 1. The van der Waals surface area contributed by atoms with Gasteiger partial charge in [0.05, 0.1) is 54.4 Å². The summed E-state index contributed by atoms with van der Waals surface area (Å²) in [5.41, 5.74) is 12.3. The lowest BCUT2D eigenvalue weighted by Crippen LogP contribution is -2.53. The first-order valence-corrected chi connectivity index (χ1v) is 23.2. The van der Waals surface area contributed by atoms with Gasteiger partial charge >= 0.3 is 12.1 Å². The number of ether oxygens (including phenoxy) is 5. The number of hydrogen-bond acceptors (Lipinski definition) is 19. The van der Waals surface area contributed by atoms with E-state index >= 15 is 0 Å². The van der Waals surface area contributed by atoms with Crippen LogP contribution in [0.3, 0.4) is 0 Å². The van der Waals surface area contributed by atoms with Crippen LogP contribution in [0.1, 0.15) is 74.4 Å². The number of aliphatic hydroxyl groups is 3.